The van der Waals surface area contributed by atoms with Gasteiger partial charge in [0.15, 0.2) is 0 Å². The van der Waals surface area contributed by atoms with Crippen LogP contribution < -0.4 is 0 Å². The highest BCUT2D eigenvalue weighted by molar-refractivity contribution is 6.59. The Morgan fingerprint density at radius 2 is 1.50 bits per heavy atom. The zero-order valence-electron chi connectivity index (χ0n) is 12.0. The summed E-state index contributed by atoms with van der Waals surface area (Å²) in [5.74, 6) is 0. The summed E-state index contributed by atoms with van der Waals surface area (Å²) in [6.07, 6.45) is 0.834. The summed E-state index contributed by atoms with van der Waals surface area (Å²) in [7, 11) is 0.488. The molecular formula is C11H25NO5Si. The van der Waals surface area contributed by atoms with Crippen molar-refractivity contribution in [3.05, 3.63) is 0 Å². The molecule has 0 heterocycles. The predicted octanol–water partition coefficient (Wildman–Crippen LogP) is 1.68. The Morgan fingerprint density at radius 1 is 1.00 bits per heavy atom. The monoisotopic (exact) mass is 279 g/mol. The third kappa shape index (κ3) is 8.59. The molecule has 0 aromatic heterocycles. The molecule has 0 aliphatic rings. The molecule has 0 aromatic carbocycles. The lowest BCUT2D eigenvalue weighted by molar-refractivity contribution is 0.0315. The zero-order valence-corrected chi connectivity index (χ0v) is 13.0. The number of ether oxygens (including phenoxy) is 2. The molecule has 7 heteroatoms. The highest BCUT2D eigenvalue weighted by atomic mass is 28.4. The van der Waals surface area contributed by atoms with Gasteiger partial charge >= 0.3 is 8.80 Å². The second-order valence-electron chi connectivity index (χ2n) is 3.82. The minimum absolute atomic E-state index is 0.424. The third-order valence-electron chi connectivity index (χ3n) is 2.18. The fourth-order valence-corrected chi connectivity index (χ4v) is 2.36. The molecule has 0 N–H and O–H groups in total. The third-order valence-corrected chi connectivity index (χ3v) is 4.06. The Bertz CT molecular complexity index is 227. The average molecular weight is 279 g/mol. The summed E-state index contributed by atoms with van der Waals surface area (Å²) < 4.78 is 26.6. The first kappa shape index (κ1) is 17.5. The lowest BCUT2D eigenvalue weighted by Crippen LogP contribution is -2.43. The van der Waals surface area contributed by atoms with E-state index in [9.17, 15) is 0 Å². The molecule has 6 nitrogen and oxygen atoms in total. The van der Waals surface area contributed by atoms with Crippen LogP contribution in [0.1, 0.15) is 20.3 Å². The van der Waals surface area contributed by atoms with Gasteiger partial charge in [-0.15, -0.1) is 5.16 Å². The number of nitrogens with zero attached hydrogens (tertiary/aromatic N) is 1. The lowest BCUT2D eigenvalue weighted by atomic mass is 10.3. The Labute approximate surface area is 111 Å². The van der Waals surface area contributed by atoms with Crippen molar-refractivity contribution in [3.63, 3.8) is 0 Å². The maximum absolute atomic E-state index is 5.62. The van der Waals surface area contributed by atoms with Crippen LogP contribution in [0.4, 0.5) is 0 Å². The smallest absolute Gasteiger partial charge is 0.394 e. The van der Waals surface area contributed by atoms with Crippen molar-refractivity contribution in [1.82, 2.24) is 0 Å². The van der Waals surface area contributed by atoms with E-state index in [-0.39, 0.29) is 0 Å². The molecule has 0 spiro atoms. The Balaban J connectivity index is 4.28. The van der Waals surface area contributed by atoms with E-state index in [4.69, 9.17) is 22.9 Å². The van der Waals surface area contributed by atoms with Crippen molar-refractivity contribution in [3.8, 4) is 0 Å². The SMILES string of the molecule is CC/C(C)=N\O[Si](C)(OCCOC)OCCOC. The molecule has 18 heavy (non-hydrogen) atoms. The summed E-state index contributed by atoms with van der Waals surface area (Å²) in [4.78, 5) is 0. The van der Waals surface area contributed by atoms with Crippen LogP contribution in [0, 0.1) is 0 Å². The van der Waals surface area contributed by atoms with Crippen LogP contribution >= 0.6 is 0 Å². The summed E-state index contributed by atoms with van der Waals surface area (Å²) in [6, 6.07) is 0. The van der Waals surface area contributed by atoms with Crippen LogP contribution in [0.25, 0.3) is 0 Å². The normalized spacial score (nSPS) is 12.8. The van der Waals surface area contributed by atoms with Gasteiger partial charge in [-0.3, -0.25) is 0 Å². The van der Waals surface area contributed by atoms with Crippen molar-refractivity contribution in [1.29, 1.82) is 0 Å². The molecule has 0 aromatic rings. The van der Waals surface area contributed by atoms with Gasteiger partial charge in [-0.25, -0.2) is 0 Å². The minimum Gasteiger partial charge on any atom is -0.394 e. The van der Waals surface area contributed by atoms with Gasteiger partial charge in [0.1, 0.15) is 0 Å². The maximum atomic E-state index is 5.62. The summed E-state index contributed by atoms with van der Waals surface area (Å²) in [6.45, 7) is 7.56. The lowest BCUT2D eigenvalue weighted by Gasteiger charge is -2.23. The number of rotatable bonds is 11. The van der Waals surface area contributed by atoms with E-state index < -0.39 is 8.80 Å². The topological polar surface area (TPSA) is 58.5 Å². The second-order valence-corrected chi connectivity index (χ2v) is 6.30. The Kier molecular flexibility index (Phi) is 10.2. The summed E-state index contributed by atoms with van der Waals surface area (Å²) in [5.41, 5.74) is 0.902. The molecule has 0 rings (SSSR count). The average Bonchev–Trinajstić information content (AvgIpc) is 2.37. The Hall–Kier alpha value is -0.473. The highest BCUT2D eigenvalue weighted by Crippen LogP contribution is 2.10. The van der Waals surface area contributed by atoms with Gasteiger partial charge in [-0.2, -0.15) is 0 Å². The first-order chi connectivity index (χ1) is 8.58. The van der Waals surface area contributed by atoms with Gasteiger partial charge < -0.3 is 22.9 Å². The van der Waals surface area contributed by atoms with E-state index >= 15 is 0 Å². The van der Waals surface area contributed by atoms with Gasteiger partial charge in [-0.1, -0.05) is 6.92 Å². The zero-order chi connectivity index (χ0) is 13.9. The summed E-state index contributed by atoms with van der Waals surface area (Å²) >= 11 is 0. The van der Waals surface area contributed by atoms with Gasteiger partial charge in [-0.05, 0) is 13.3 Å². The largest absolute Gasteiger partial charge is 0.584 e. The highest BCUT2D eigenvalue weighted by Gasteiger charge is 2.37. The first-order valence-electron chi connectivity index (χ1n) is 6.05. The number of hydrogen-bond acceptors (Lipinski definition) is 6. The van der Waals surface area contributed by atoms with Gasteiger partial charge in [0, 0.05) is 20.8 Å². The molecule has 0 unspecified atom stereocenters. The molecular weight excluding hydrogens is 254 g/mol. The standard InChI is InChI=1S/C11H25NO5Si/c1-6-11(2)12-17-18(5,15-9-7-13-3)16-10-8-14-4/h6-10H2,1-5H3/b12-11-. The number of methoxy groups -OCH3 is 2. The molecule has 0 saturated carbocycles. The van der Waals surface area contributed by atoms with Crippen molar-refractivity contribution >= 4 is 14.5 Å². The molecule has 0 fully saturated rings. The van der Waals surface area contributed by atoms with Crippen LogP contribution in [-0.4, -0.2) is 55.2 Å². The van der Waals surface area contributed by atoms with Crippen LogP contribution in [-0.2, 0) is 22.9 Å². The minimum atomic E-state index is -2.75. The number of oxime groups is 1. The molecule has 0 aliphatic carbocycles. The molecule has 0 saturated heterocycles. The molecule has 0 aliphatic heterocycles. The number of hydrogen-bond donors (Lipinski definition) is 0. The fourth-order valence-electron chi connectivity index (χ4n) is 0.941. The van der Waals surface area contributed by atoms with Gasteiger partial charge in [0.2, 0.25) is 0 Å². The molecule has 108 valence electrons. The molecule has 0 amide bonds. The van der Waals surface area contributed by atoms with E-state index in [2.05, 4.69) is 5.16 Å². The van der Waals surface area contributed by atoms with E-state index in [1.54, 1.807) is 14.2 Å². The molecule has 0 atom stereocenters. The van der Waals surface area contributed by atoms with Crippen molar-refractivity contribution in [2.45, 2.75) is 26.8 Å². The maximum Gasteiger partial charge on any atom is 0.584 e. The van der Waals surface area contributed by atoms with Crippen LogP contribution in [0.5, 0.6) is 0 Å². The van der Waals surface area contributed by atoms with Crippen LogP contribution in [0.15, 0.2) is 5.16 Å². The molecule has 0 bridgehead atoms. The van der Waals surface area contributed by atoms with Gasteiger partial charge in [0.05, 0.1) is 32.1 Å². The quantitative estimate of drug-likeness (QED) is 0.249. The first-order valence-corrected chi connectivity index (χ1v) is 8.28. The molecule has 0 radical (unpaired) electrons. The van der Waals surface area contributed by atoms with E-state index in [0.29, 0.717) is 26.4 Å². The van der Waals surface area contributed by atoms with E-state index in [1.165, 1.54) is 0 Å². The van der Waals surface area contributed by atoms with Crippen LogP contribution in [0.2, 0.25) is 6.55 Å². The van der Waals surface area contributed by atoms with E-state index in [0.717, 1.165) is 12.1 Å². The Morgan fingerprint density at radius 3 is 1.89 bits per heavy atom. The second kappa shape index (κ2) is 10.4. The van der Waals surface area contributed by atoms with Gasteiger partial charge in [0.25, 0.3) is 0 Å². The van der Waals surface area contributed by atoms with Crippen molar-refractivity contribution in [2.75, 3.05) is 40.6 Å². The van der Waals surface area contributed by atoms with Crippen molar-refractivity contribution in [2.24, 2.45) is 5.16 Å². The summed E-state index contributed by atoms with van der Waals surface area (Å²) in [5, 5.41) is 4.02. The van der Waals surface area contributed by atoms with E-state index in [1.807, 2.05) is 20.4 Å². The van der Waals surface area contributed by atoms with Crippen molar-refractivity contribution < 1.29 is 22.9 Å². The fraction of sp³-hybridized carbons (Fsp3) is 0.909. The predicted molar refractivity (Wildman–Crippen MR) is 71.8 cm³/mol. The van der Waals surface area contributed by atoms with Crippen LogP contribution in [0.3, 0.4) is 0 Å².